The van der Waals surface area contributed by atoms with Gasteiger partial charge in [0.1, 0.15) is 11.8 Å². The molecule has 0 bridgehead atoms. The maximum Gasteiger partial charge on any atom is 0.256 e. The Bertz CT molecular complexity index is 1200. The minimum absolute atomic E-state index is 0.0300. The van der Waals surface area contributed by atoms with Gasteiger partial charge in [0, 0.05) is 19.2 Å². The van der Waals surface area contributed by atoms with Crippen molar-refractivity contribution in [3.05, 3.63) is 88.8 Å². The van der Waals surface area contributed by atoms with Gasteiger partial charge in [-0.05, 0) is 43.9 Å². The predicted octanol–water partition coefficient (Wildman–Crippen LogP) is 5.46. The molecule has 1 aliphatic rings. The number of aryl methyl sites for hydroxylation is 1. The van der Waals surface area contributed by atoms with Crippen LogP contribution in [0.25, 0.3) is 10.6 Å². The molecule has 0 aliphatic carbocycles. The summed E-state index contributed by atoms with van der Waals surface area (Å²) >= 11 is 1.56. The van der Waals surface area contributed by atoms with Gasteiger partial charge in [-0.3, -0.25) is 9.78 Å². The molecule has 0 radical (unpaired) electrons. The van der Waals surface area contributed by atoms with Crippen LogP contribution >= 0.6 is 11.3 Å². The molecule has 1 fully saturated rings. The maximum absolute atomic E-state index is 13.4. The second kappa shape index (κ2) is 9.04. The van der Waals surface area contributed by atoms with Gasteiger partial charge in [0.15, 0.2) is 0 Å². The number of piperidine rings is 1. The van der Waals surface area contributed by atoms with E-state index < -0.39 is 0 Å². The third-order valence-electron chi connectivity index (χ3n) is 5.83. The summed E-state index contributed by atoms with van der Waals surface area (Å²) in [6.45, 7) is 2.66. The summed E-state index contributed by atoms with van der Waals surface area (Å²) in [4.78, 5) is 29.6. The molecule has 1 saturated heterocycles. The van der Waals surface area contributed by atoms with Crippen molar-refractivity contribution in [1.82, 2.24) is 19.9 Å². The molecule has 7 heteroatoms. The van der Waals surface area contributed by atoms with Gasteiger partial charge in [-0.15, -0.1) is 11.3 Å². The topological polar surface area (TPSA) is 72.1 Å². The molecule has 162 valence electrons. The lowest BCUT2D eigenvalue weighted by Gasteiger charge is -2.33. The van der Waals surface area contributed by atoms with E-state index in [1.807, 2.05) is 47.7 Å². The number of likely N-dealkylation sites (tertiary alicyclic amines) is 1. The number of hydrogen-bond donors (Lipinski definition) is 0. The molecule has 5 rings (SSSR count). The van der Waals surface area contributed by atoms with Crippen LogP contribution in [0.4, 0.5) is 0 Å². The Morgan fingerprint density at radius 1 is 1.09 bits per heavy atom. The summed E-state index contributed by atoms with van der Waals surface area (Å²) in [6.07, 6.45) is 7.02. The van der Waals surface area contributed by atoms with Crippen LogP contribution in [0.15, 0.2) is 64.8 Å². The van der Waals surface area contributed by atoms with Crippen molar-refractivity contribution < 1.29 is 9.21 Å². The summed E-state index contributed by atoms with van der Waals surface area (Å²) in [5.41, 5.74) is 5.36. The van der Waals surface area contributed by atoms with Crippen LogP contribution in [0, 0.1) is 6.92 Å². The summed E-state index contributed by atoms with van der Waals surface area (Å²) < 4.78 is 6.10. The lowest BCUT2D eigenvalue weighted by Crippen LogP contribution is -2.38. The highest BCUT2D eigenvalue weighted by Gasteiger charge is 2.32. The first-order chi connectivity index (χ1) is 15.7. The Labute approximate surface area is 191 Å². The molecule has 0 saturated carbocycles. The minimum Gasteiger partial charge on any atom is -0.443 e. The SMILES string of the molecule is Cc1ncsc1-c1ccc(C(=O)N2CCCC[C@@H]2c2ncc(Cc3ccccc3)o2)cn1. The Morgan fingerprint density at radius 2 is 1.97 bits per heavy atom. The van der Waals surface area contributed by atoms with Crippen molar-refractivity contribution in [1.29, 1.82) is 0 Å². The van der Waals surface area contributed by atoms with Crippen molar-refractivity contribution in [2.75, 3.05) is 6.54 Å². The number of carbonyl (C=O) groups is 1. The van der Waals surface area contributed by atoms with E-state index in [-0.39, 0.29) is 11.9 Å². The van der Waals surface area contributed by atoms with Gasteiger partial charge in [0.25, 0.3) is 5.91 Å². The van der Waals surface area contributed by atoms with Crippen LogP contribution in [0.2, 0.25) is 0 Å². The molecule has 6 nitrogen and oxygen atoms in total. The minimum atomic E-state index is -0.149. The zero-order valence-electron chi connectivity index (χ0n) is 17.9. The van der Waals surface area contributed by atoms with E-state index in [1.54, 1.807) is 23.7 Å². The first kappa shape index (κ1) is 20.6. The third-order valence-corrected chi connectivity index (χ3v) is 6.78. The molecular formula is C25H24N4O2S. The lowest BCUT2D eigenvalue weighted by atomic mass is 10.0. The maximum atomic E-state index is 13.4. The van der Waals surface area contributed by atoms with Gasteiger partial charge in [-0.1, -0.05) is 30.3 Å². The van der Waals surface area contributed by atoms with Crippen molar-refractivity contribution in [2.45, 2.75) is 38.6 Å². The summed E-state index contributed by atoms with van der Waals surface area (Å²) in [7, 11) is 0. The second-order valence-electron chi connectivity index (χ2n) is 8.04. The van der Waals surface area contributed by atoms with Gasteiger partial charge >= 0.3 is 0 Å². The lowest BCUT2D eigenvalue weighted by molar-refractivity contribution is 0.0569. The van der Waals surface area contributed by atoms with Crippen LogP contribution in [0.3, 0.4) is 0 Å². The van der Waals surface area contributed by atoms with Crippen molar-refractivity contribution >= 4 is 17.2 Å². The van der Waals surface area contributed by atoms with Crippen LogP contribution in [-0.2, 0) is 6.42 Å². The van der Waals surface area contributed by atoms with Gasteiger partial charge in [0.2, 0.25) is 5.89 Å². The van der Waals surface area contributed by atoms with Gasteiger partial charge in [0.05, 0.1) is 33.5 Å². The molecule has 1 aromatic carbocycles. The van der Waals surface area contributed by atoms with E-state index in [9.17, 15) is 4.79 Å². The van der Waals surface area contributed by atoms with Crippen molar-refractivity contribution in [2.24, 2.45) is 0 Å². The van der Waals surface area contributed by atoms with E-state index in [0.717, 1.165) is 41.3 Å². The molecule has 0 unspecified atom stereocenters. The Kier molecular flexibility index (Phi) is 5.81. The highest BCUT2D eigenvalue weighted by atomic mass is 32.1. The predicted molar refractivity (Wildman–Crippen MR) is 123 cm³/mol. The molecule has 32 heavy (non-hydrogen) atoms. The molecule has 1 atom stereocenters. The number of amides is 1. The third kappa shape index (κ3) is 4.21. The van der Waals surface area contributed by atoms with E-state index in [1.165, 1.54) is 5.56 Å². The van der Waals surface area contributed by atoms with E-state index in [4.69, 9.17) is 4.42 Å². The fourth-order valence-electron chi connectivity index (χ4n) is 4.16. The zero-order chi connectivity index (χ0) is 21.9. The first-order valence-corrected chi connectivity index (χ1v) is 11.7. The van der Waals surface area contributed by atoms with Crippen LogP contribution in [-0.4, -0.2) is 32.3 Å². The van der Waals surface area contributed by atoms with Gasteiger partial charge in [-0.2, -0.15) is 0 Å². The highest BCUT2D eigenvalue weighted by Crippen LogP contribution is 2.32. The Hall–Kier alpha value is -3.32. The van der Waals surface area contributed by atoms with E-state index >= 15 is 0 Å². The largest absolute Gasteiger partial charge is 0.443 e. The average Bonchev–Trinajstić information content (AvgIpc) is 3.48. The number of benzene rings is 1. The molecule has 4 heterocycles. The molecule has 1 aliphatic heterocycles. The molecule has 3 aromatic heterocycles. The number of aromatic nitrogens is 3. The van der Waals surface area contributed by atoms with Crippen LogP contribution in [0.5, 0.6) is 0 Å². The normalized spacial score (nSPS) is 16.3. The monoisotopic (exact) mass is 444 g/mol. The fourth-order valence-corrected chi connectivity index (χ4v) is 4.94. The van der Waals surface area contributed by atoms with Crippen LogP contribution < -0.4 is 0 Å². The van der Waals surface area contributed by atoms with Crippen molar-refractivity contribution in [3.8, 4) is 10.6 Å². The number of rotatable bonds is 5. The summed E-state index contributed by atoms with van der Waals surface area (Å²) in [6, 6.07) is 13.8. The number of oxazole rings is 1. The van der Waals surface area contributed by atoms with E-state index in [0.29, 0.717) is 24.4 Å². The fraction of sp³-hybridized carbons (Fsp3) is 0.280. The smallest absolute Gasteiger partial charge is 0.256 e. The first-order valence-electron chi connectivity index (χ1n) is 10.8. The number of carbonyl (C=O) groups excluding carboxylic acids is 1. The zero-order valence-corrected chi connectivity index (χ0v) is 18.7. The van der Waals surface area contributed by atoms with Gasteiger partial charge < -0.3 is 9.32 Å². The van der Waals surface area contributed by atoms with E-state index in [2.05, 4.69) is 27.1 Å². The molecule has 4 aromatic rings. The number of hydrogen-bond acceptors (Lipinski definition) is 6. The summed E-state index contributed by atoms with van der Waals surface area (Å²) in [5, 5.41) is 0. The standard InChI is InChI=1S/C25H24N4O2S/c1-17-23(32-16-28-17)21-11-10-19(14-26-21)25(30)29-12-6-5-9-22(29)24-27-15-20(31-24)13-18-7-3-2-4-8-18/h2-4,7-8,10-11,14-16,22H,5-6,9,12-13H2,1H3/t22-/m1/s1. The number of thiazole rings is 1. The van der Waals surface area contributed by atoms with Gasteiger partial charge in [-0.25, -0.2) is 9.97 Å². The Morgan fingerprint density at radius 3 is 2.72 bits per heavy atom. The quantitative estimate of drug-likeness (QED) is 0.409. The highest BCUT2D eigenvalue weighted by molar-refractivity contribution is 7.13. The average molecular weight is 445 g/mol. The Balaban J connectivity index is 1.34. The second-order valence-corrected chi connectivity index (χ2v) is 8.89. The molecule has 0 spiro atoms. The molecule has 0 N–H and O–H groups in total. The summed E-state index contributed by atoms with van der Waals surface area (Å²) in [5.74, 6) is 1.40. The molecule has 1 amide bonds. The number of nitrogens with zero attached hydrogens (tertiary/aromatic N) is 4. The number of pyridine rings is 1. The molecular weight excluding hydrogens is 420 g/mol. The van der Waals surface area contributed by atoms with Crippen LogP contribution in [0.1, 0.15) is 58.6 Å². The van der Waals surface area contributed by atoms with Crippen molar-refractivity contribution in [3.63, 3.8) is 0 Å².